The molecule has 1 saturated heterocycles. The molecule has 1 unspecified atom stereocenters. The number of aromatic nitrogens is 2. The summed E-state index contributed by atoms with van der Waals surface area (Å²) in [6, 6.07) is 17.0. The summed E-state index contributed by atoms with van der Waals surface area (Å²) in [4.78, 5) is 26.9. The van der Waals surface area contributed by atoms with Crippen molar-refractivity contribution in [3.63, 3.8) is 0 Å². The molecular weight excluding hydrogens is 572 g/mol. The molecule has 0 amide bonds. The van der Waals surface area contributed by atoms with Gasteiger partial charge in [-0.3, -0.25) is 20.8 Å². The van der Waals surface area contributed by atoms with E-state index in [-0.39, 0.29) is 0 Å². The molecule has 2 aliphatic rings. The largest absolute Gasteiger partial charge is 0.377 e. The van der Waals surface area contributed by atoms with Crippen LogP contribution >= 0.6 is 0 Å². The van der Waals surface area contributed by atoms with Crippen LogP contribution in [0.25, 0.3) is 21.8 Å². The van der Waals surface area contributed by atoms with Gasteiger partial charge in [-0.15, -0.1) is 0 Å². The number of aryl methyl sites for hydroxylation is 2. The minimum absolute atomic E-state index is 0.407. The van der Waals surface area contributed by atoms with Crippen LogP contribution in [0.15, 0.2) is 58.5 Å². The highest BCUT2D eigenvalue weighted by Gasteiger charge is 2.29. The van der Waals surface area contributed by atoms with Crippen LogP contribution < -0.4 is 21.2 Å². The van der Waals surface area contributed by atoms with Gasteiger partial charge in [0, 0.05) is 73.7 Å². The summed E-state index contributed by atoms with van der Waals surface area (Å²) in [5.41, 5.74) is 11.1. The Balaban J connectivity index is 1.40. The summed E-state index contributed by atoms with van der Waals surface area (Å²) in [5, 5.41) is 4.09. The van der Waals surface area contributed by atoms with Gasteiger partial charge in [-0.2, -0.15) is 5.53 Å². The highest BCUT2D eigenvalue weighted by atomic mass is 15.7. The Morgan fingerprint density at radius 2 is 1.43 bits per heavy atom. The van der Waals surface area contributed by atoms with Crippen LogP contribution in [0, 0.1) is 13.8 Å². The molecule has 46 heavy (non-hydrogen) atoms. The minimum atomic E-state index is -0.407. The predicted molar refractivity (Wildman–Crippen MR) is 192 cm³/mol. The zero-order valence-electron chi connectivity index (χ0n) is 28.2. The van der Waals surface area contributed by atoms with E-state index >= 15 is 0 Å². The van der Waals surface area contributed by atoms with E-state index < -0.39 is 6.17 Å². The molecule has 10 heteroatoms. The van der Waals surface area contributed by atoms with Crippen molar-refractivity contribution < 1.29 is 0 Å². The van der Waals surface area contributed by atoms with Gasteiger partial charge in [-0.25, -0.2) is 9.98 Å². The Morgan fingerprint density at radius 1 is 0.804 bits per heavy atom. The van der Waals surface area contributed by atoms with Gasteiger partial charge in [0.05, 0.1) is 11.0 Å². The lowest BCUT2D eigenvalue weighted by Gasteiger charge is -2.34. The lowest BCUT2D eigenvalue weighted by atomic mass is 10.0. The standard InChI is InChI=1S/C36H48N10/c1-24-20-32(43(3)4)28-22-26(13-15-30(28)38-24)35-40-34(12-8-11-19-45-17-9-7-10-18-45)46(42-37)36(41-35)27-14-16-31-29(23-27)33(44(5)6)21-25(2)39-31/h13-16,20-23,36,42H,7-12,17-19,37H2,1-6H3. The third-order valence-electron chi connectivity index (χ3n) is 9.09. The van der Waals surface area contributed by atoms with Crippen molar-refractivity contribution >= 4 is 44.9 Å². The summed E-state index contributed by atoms with van der Waals surface area (Å²) in [7, 11) is 8.27. The lowest BCUT2D eigenvalue weighted by Crippen LogP contribution is -2.50. The summed E-state index contributed by atoms with van der Waals surface area (Å²) in [6.07, 6.45) is 6.50. The molecule has 1 fully saturated rings. The molecule has 2 aliphatic heterocycles. The summed E-state index contributed by atoms with van der Waals surface area (Å²) in [5.74, 6) is 7.85. The molecule has 4 aromatic rings. The fourth-order valence-electron chi connectivity index (χ4n) is 6.74. The first-order valence-electron chi connectivity index (χ1n) is 16.5. The van der Waals surface area contributed by atoms with Gasteiger partial charge in [0.1, 0.15) is 5.84 Å². The first-order chi connectivity index (χ1) is 22.2. The molecule has 3 N–H and O–H groups in total. The van der Waals surface area contributed by atoms with Crippen molar-refractivity contribution in [3.05, 3.63) is 71.0 Å². The smallest absolute Gasteiger partial charge is 0.166 e. The van der Waals surface area contributed by atoms with E-state index in [9.17, 15) is 0 Å². The molecule has 2 aromatic heterocycles. The molecule has 0 saturated carbocycles. The molecule has 2 aromatic carbocycles. The van der Waals surface area contributed by atoms with E-state index in [2.05, 4.69) is 97.0 Å². The van der Waals surface area contributed by atoms with Gasteiger partial charge in [-0.05, 0) is 107 Å². The van der Waals surface area contributed by atoms with Crippen LogP contribution in [0.4, 0.5) is 11.4 Å². The van der Waals surface area contributed by atoms with Crippen molar-refractivity contribution in [2.24, 2.45) is 15.8 Å². The molecule has 4 heterocycles. The van der Waals surface area contributed by atoms with Crippen LogP contribution in [-0.4, -0.2) is 79.4 Å². The fraction of sp³-hybridized carbons (Fsp3) is 0.444. The van der Waals surface area contributed by atoms with Crippen LogP contribution in [0.5, 0.6) is 0 Å². The summed E-state index contributed by atoms with van der Waals surface area (Å²) in [6.45, 7) is 7.63. The number of piperidine rings is 1. The molecule has 10 nitrogen and oxygen atoms in total. The number of benzene rings is 2. The molecule has 6 rings (SSSR count). The van der Waals surface area contributed by atoms with Crippen molar-refractivity contribution in [3.8, 4) is 0 Å². The van der Waals surface area contributed by atoms with E-state index in [4.69, 9.17) is 25.8 Å². The number of nitrogens with zero attached hydrogens (tertiary/aromatic N) is 8. The summed E-state index contributed by atoms with van der Waals surface area (Å²) < 4.78 is 0. The van der Waals surface area contributed by atoms with Crippen LogP contribution in [0.2, 0.25) is 0 Å². The maximum atomic E-state index is 6.26. The number of unbranched alkanes of at least 4 members (excludes halogenated alkanes) is 1. The number of nitrogens with two attached hydrogens (primary N) is 1. The normalized spacial score (nSPS) is 17.4. The van der Waals surface area contributed by atoms with Crippen molar-refractivity contribution in [2.45, 2.75) is 58.5 Å². The molecule has 0 spiro atoms. The van der Waals surface area contributed by atoms with E-state index in [1.165, 1.54) is 32.4 Å². The van der Waals surface area contributed by atoms with Gasteiger partial charge < -0.3 is 14.7 Å². The second-order valence-electron chi connectivity index (χ2n) is 13.1. The van der Waals surface area contributed by atoms with E-state index in [0.717, 1.165) is 87.3 Å². The second kappa shape index (κ2) is 13.7. The van der Waals surface area contributed by atoms with Crippen molar-refractivity contribution in [2.75, 3.05) is 57.6 Å². The first kappa shape index (κ1) is 31.8. The second-order valence-corrected chi connectivity index (χ2v) is 13.1. The Morgan fingerprint density at radius 3 is 2.07 bits per heavy atom. The average molecular weight is 621 g/mol. The van der Waals surface area contributed by atoms with Crippen LogP contribution in [0.3, 0.4) is 0 Å². The molecule has 0 radical (unpaired) electrons. The van der Waals surface area contributed by atoms with E-state index in [1.807, 2.05) is 18.9 Å². The third-order valence-corrected chi connectivity index (χ3v) is 9.09. The predicted octanol–water partition coefficient (Wildman–Crippen LogP) is 5.73. The number of hydrazine groups is 2. The Kier molecular flexibility index (Phi) is 9.49. The SMILES string of the molecule is Cc1cc(N(C)C)c2cc(C3=NC(c4ccc5nc(C)cc(N(C)C)c5c4)N(NN)C(CCCCN4CCCCC4)=N3)ccc2n1. The minimum Gasteiger partial charge on any atom is -0.377 e. The van der Waals surface area contributed by atoms with Crippen molar-refractivity contribution in [1.29, 1.82) is 0 Å². The highest BCUT2D eigenvalue weighted by molar-refractivity contribution is 6.10. The molecular formula is C36H48N10. The zero-order chi connectivity index (χ0) is 32.4. The number of hydrogen-bond donors (Lipinski definition) is 2. The first-order valence-corrected chi connectivity index (χ1v) is 16.5. The number of amidine groups is 2. The quantitative estimate of drug-likeness (QED) is 0.132. The van der Waals surface area contributed by atoms with Gasteiger partial charge in [0.25, 0.3) is 0 Å². The van der Waals surface area contributed by atoms with Crippen molar-refractivity contribution in [1.82, 2.24) is 25.4 Å². The number of fused-ring (bicyclic) bond motifs is 2. The Bertz CT molecular complexity index is 1770. The Hall–Kier alpha value is -4.12. The van der Waals surface area contributed by atoms with E-state index in [0.29, 0.717) is 5.84 Å². The number of pyridine rings is 2. The lowest BCUT2D eigenvalue weighted by molar-refractivity contribution is 0.219. The number of anilines is 2. The third kappa shape index (κ3) is 6.70. The topological polar surface area (TPSA) is 102 Å². The maximum Gasteiger partial charge on any atom is 0.166 e. The average Bonchev–Trinajstić information content (AvgIpc) is 3.05. The van der Waals surface area contributed by atoms with Crippen LogP contribution in [0.1, 0.15) is 67.2 Å². The molecule has 242 valence electrons. The Labute approximate surface area is 273 Å². The van der Waals surface area contributed by atoms with Gasteiger partial charge >= 0.3 is 0 Å². The zero-order valence-corrected chi connectivity index (χ0v) is 28.2. The van der Waals surface area contributed by atoms with Gasteiger partial charge in [0.15, 0.2) is 12.0 Å². The maximum absolute atomic E-state index is 6.26. The number of nitrogens with one attached hydrogen (secondary N) is 1. The molecule has 0 aliphatic carbocycles. The van der Waals surface area contributed by atoms with Gasteiger partial charge in [0.2, 0.25) is 0 Å². The number of likely N-dealkylation sites (tertiary alicyclic amines) is 1. The summed E-state index contributed by atoms with van der Waals surface area (Å²) >= 11 is 0. The highest BCUT2D eigenvalue weighted by Crippen LogP contribution is 2.34. The van der Waals surface area contributed by atoms with E-state index in [1.54, 1.807) is 0 Å². The molecule has 1 atom stereocenters. The monoisotopic (exact) mass is 620 g/mol. The fourth-order valence-corrected chi connectivity index (χ4v) is 6.74. The number of aliphatic imine (C=N–C) groups is 2. The number of rotatable bonds is 10. The molecule has 0 bridgehead atoms. The number of hydrogen-bond acceptors (Lipinski definition) is 10. The van der Waals surface area contributed by atoms with Gasteiger partial charge in [-0.1, -0.05) is 12.5 Å². The van der Waals surface area contributed by atoms with Crippen LogP contribution in [-0.2, 0) is 0 Å².